The van der Waals surface area contributed by atoms with Crippen LogP contribution in [0.2, 0.25) is 5.15 Å². The van der Waals surface area contributed by atoms with Gasteiger partial charge in [-0.15, -0.1) is 11.8 Å². The van der Waals surface area contributed by atoms with E-state index in [0.29, 0.717) is 10.7 Å². The fraction of sp³-hybridized carbons (Fsp3) is 0.222. The number of esters is 1. The standard InChI is InChI=1S/C9H8ClN3O2S/c1-15-9(14)6-7(10)13-5(3-4-11-13)12-8(6)16-2/h3-4H,1-2H3. The Morgan fingerprint density at radius 2 is 2.38 bits per heavy atom. The SMILES string of the molecule is COC(=O)c1c(SC)nc2ccnn2c1Cl. The van der Waals surface area contributed by atoms with E-state index in [1.807, 2.05) is 6.26 Å². The second-order valence-corrected chi connectivity index (χ2v) is 4.03. The zero-order valence-corrected chi connectivity index (χ0v) is 10.2. The summed E-state index contributed by atoms with van der Waals surface area (Å²) in [7, 11) is 1.30. The molecular weight excluding hydrogens is 250 g/mol. The Labute approximate surface area is 101 Å². The first kappa shape index (κ1) is 11.2. The Hall–Kier alpha value is -1.27. The number of hydrogen-bond donors (Lipinski definition) is 0. The fourth-order valence-corrected chi connectivity index (χ4v) is 2.23. The van der Waals surface area contributed by atoms with Gasteiger partial charge in [0, 0.05) is 6.07 Å². The molecule has 0 amide bonds. The van der Waals surface area contributed by atoms with Crippen LogP contribution < -0.4 is 0 Å². The molecule has 0 spiro atoms. The van der Waals surface area contributed by atoms with E-state index in [9.17, 15) is 4.79 Å². The number of ether oxygens (including phenoxy) is 1. The van der Waals surface area contributed by atoms with E-state index in [-0.39, 0.29) is 10.7 Å². The predicted molar refractivity (Wildman–Crippen MR) is 61.1 cm³/mol. The average Bonchev–Trinajstić information content (AvgIpc) is 2.76. The molecule has 0 N–H and O–H groups in total. The molecule has 2 aromatic heterocycles. The maximum absolute atomic E-state index is 11.6. The molecule has 0 aromatic carbocycles. The fourth-order valence-electron chi connectivity index (χ4n) is 1.31. The predicted octanol–water partition coefficient (Wildman–Crippen LogP) is 1.89. The van der Waals surface area contributed by atoms with Crippen LogP contribution in [0.5, 0.6) is 0 Å². The molecule has 0 fully saturated rings. The van der Waals surface area contributed by atoms with Crippen molar-refractivity contribution < 1.29 is 9.53 Å². The van der Waals surface area contributed by atoms with Crippen LogP contribution in [0.3, 0.4) is 0 Å². The molecule has 5 nitrogen and oxygen atoms in total. The lowest BCUT2D eigenvalue weighted by molar-refractivity contribution is 0.0595. The van der Waals surface area contributed by atoms with Gasteiger partial charge < -0.3 is 4.74 Å². The van der Waals surface area contributed by atoms with Crippen LogP contribution in [-0.4, -0.2) is 33.9 Å². The van der Waals surface area contributed by atoms with Crippen LogP contribution in [0.1, 0.15) is 10.4 Å². The summed E-state index contributed by atoms with van der Waals surface area (Å²) in [5.41, 5.74) is 0.842. The molecule has 0 aliphatic heterocycles. The van der Waals surface area contributed by atoms with Gasteiger partial charge in [0.15, 0.2) is 5.65 Å². The Balaban J connectivity index is 2.77. The number of aromatic nitrogens is 3. The molecule has 16 heavy (non-hydrogen) atoms. The van der Waals surface area contributed by atoms with Crippen molar-refractivity contribution in [3.8, 4) is 0 Å². The van der Waals surface area contributed by atoms with Crippen LogP contribution in [0, 0.1) is 0 Å². The van der Waals surface area contributed by atoms with Gasteiger partial charge in [-0.3, -0.25) is 0 Å². The van der Waals surface area contributed by atoms with E-state index in [2.05, 4.69) is 14.8 Å². The third-order valence-electron chi connectivity index (χ3n) is 2.03. The molecule has 2 rings (SSSR count). The van der Waals surface area contributed by atoms with Crippen molar-refractivity contribution in [1.29, 1.82) is 0 Å². The highest BCUT2D eigenvalue weighted by molar-refractivity contribution is 7.98. The summed E-state index contributed by atoms with van der Waals surface area (Å²) < 4.78 is 6.06. The van der Waals surface area contributed by atoms with Crippen molar-refractivity contribution in [3.63, 3.8) is 0 Å². The van der Waals surface area contributed by atoms with E-state index in [0.717, 1.165) is 0 Å². The van der Waals surface area contributed by atoms with Gasteiger partial charge in [-0.2, -0.15) is 5.10 Å². The van der Waals surface area contributed by atoms with Crippen LogP contribution in [0.4, 0.5) is 0 Å². The molecule has 0 saturated heterocycles. The van der Waals surface area contributed by atoms with Crippen molar-refractivity contribution in [2.45, 2.75) is 5.03 Å². The van der Waals surface area contributed by atoms with Gasteiger partial charge >= 0.3 is 5.97 Å². The molecule has 0 aliphatic rings. The molecule has 0 atom stereocenters. The molecule has 0 bridgehead atoms. The number of thioether (sulfide) groups is 1. The van der Waals surface area contributed by atoms with Crippen LogP contribution in [0.25, 0.3) is 5.65 Å². The monoisotopic (exact) mass is 257 g/mol. The van der Waals surface area contributed by atoms with E-state index in [4.69, 9.17) is 11.6 Å². The van der Waals surface area contributed by atoms with Crippen molar-refractivity contribution in [3.05, 3.63) is 23.0 Å². The Morgan fingerprint density at radius 3 is 3.00 bits per heavy atom. The smallest absolute Gasteiger partial charge is 0.343 e. The van der Waals surface area contributed by atoms with E-state index in [1.54, 1.807) is 12.3 Å². The third kappa shape index (κ3) is 1.64. The number of carbonyl (C=O) groups excluding carboxylic acids is 1. The molecular formula is C9H8ClN3O2S. The maximum atomic E-state index is 11.6. The second kappa shape index (κ2) is 4.31. The van der Waals surface area contributed by atoms with Gasteiger partial charge in [0.25, 0.3) is 0 Å². The van der Waals surface area contributed by atoms with Crippen LogP contribution >= 0.6 is 23.4 Å². The molecule has 0 unspecified atom stereocenters. The Morgan fingerprint density at radius 1 is 1.62 bits per heavy atom. The first-order valence-electron chi connectivity index (χ1n) is 4.34. The highest BCUT2D eigenvalue weighted by atomic mass is 35.5. The van der Waals surface area contributed by atoms with Gasteiger partial charge in [0.05, 0.1) is 13.3 Å². The summed E-state index contributed by atoms with van der Waals surface area (Å²) in [6.07, 6.45) is 3.39. The number of carbonyl (C=O) groups is 1. The van der Waals surface area contributed by atoms with E-state index in [1.165, 1.54) is 23.4 Å². The molecule has 84 valence electrons. The van der Waals surface area contributed by atoms with E-state index < -0.39 is 5.97 Å². The minimum Gasteiger partial charge on any atom is -0.465 e. The zero-order valence-electron chi connectivity index (χ0n) is 8.60. The molecule has 2 aromatic rings. The molecule has 2 heterocycles. The second-order valence-electron chi connectivity index (χ2n) is 2.88. The summed E-state index contributed by atoms with van der Waals surface area (Å²) >= 11 is 7.42. The number of halogens is 1. The summed E-state index contributed by atoms with van der Waals surface area (Å²) in [4.78, 5) is 15.8. The van der Waals surface area contributed by atoms with E-state index >= 15 is 0 Å². The van der Waals surface area contributed by atoms with Crippen LogP contribution in [0.15, 0.2) is 17.3 Å². The number of nitrogens with zero attached hydrogens (tertiary/aromatic N) is 3. The molecule has 0 saturated carbocycles. The van der Waals surface area contributed by atoms with Gasteiger partial charge in [0.2, 0.25) is 0 Å². The lowest BCUT2D eigenvalue weighted by atomic mass is 10.3. The summed E-state index contributed by atoms with van der Waals surface area (Å²) in [6.45, 7) is 0. The van der Waals surface area contributed by atoms with Crippen molar-refractivity contribution in [2.24, 2.45) is 0 Å². The largest absolute Gasteiger partial charge is 0.465 e. The normalized spacial score (nSPS) is 10.7. The maximum Gasteiger partial charge on any atom is 0.343 e. The average molecular weight is 258 g/mol. The van der Waals surface area contributed by atoms with Gasteiger partial charge in [-0.1, -0.05) is 11.6 Å². The molecule has 0 aliphatic carbocycles. The Kier molecular flexibility index (Phi) is 3.02. The highest BCUT2D eigenvalue weighted by Gasteiger charge is 2.20. The molecule has 0 radical (unpaired) electrons. The molecule has 7 heteroatoms. The van der Waals surface area contributed by atoms with Crippen molar-refractivity contribution >= 4 is 35.0 Å². The summed E-state index contributed by atoms with van der Waals surface area (Å²) in [6, 6.07) is 1.71. The quantitative estimate of drug-likeness (QED) is 0.467. The number of hydrogen-bond acceptors (Lipinski definition) is 5. The first-order chi connectivity index (χ1) is 7.69. The summed E-state index contributed by atoms with van der Waals surface area (Å²) in [5, 5.41) is 4.72. The van der Waals surface area contributed by atoms with Crippen molar-refractivity contribution in [2.75, 3.05) is 13.4 Å². The van der Waals surface area contributed by atoms with Gasteiger partial charge in [-0.05, 0) is 6.26 Å². The highest BCUT2D eigenvalue weighted by Crippen LogP contribution is 2.26. The minimum absolute atomic E-state index is 0.214. The zero-order chi connectivity index (χ0) is 11.7. The van der Waals surface area contributed by atoms with Gasteiger partial charge in [0.1, 0.15) is 15.7 Å². The van der Waals surface area contributed by atoms with Crippen molar-refractivity contribution in [1.82, 2.24) is 14.6 Å². The lowest BCUT2D eigenvalue weighted by Gasteiger charge is -2.08. The number of rotatable bonds is 2. The lowest BCUT2D eigenvalue weighted by Crippen LogP contribution is -2.09. The number of methoxy groups -OCH3 is 1. The minimum atomic E-state index is -0.515. The first-order valence-corrected chi connectivity index (χ1v) is 5.95. The summed E-state index contributed by atoms with van der Waals surface area (Å²) in [5.74, 6) is -0.515. The van der Waals surface area contributed by atoms with Crippen LogP contribution in [-0.2, 0) is 4.74 Å². The Bertz CT molecular complexity index is 555. The number of fused-ring (bicyclic) bond motifs is 1. The topological polar surface area (TPSA) is 56.5 Å². The third-order valence-corrected chi connectivity index (χ3v) is 3.06. The van der Waals surface area contributed by atoms with Gasteiger partial charge in [-0.25, -0.2) is 14.3 Å².